The Morgan fingerprint density at radius 1 is 0.333 bits per heavy atom. The molecule has 0 aromatic heterocycles. The normalized spacial score (nSPS) is 10.4. The Labute approximate surface area is 178 Å². The first-order chi connectivity index (χ1) is 12.4. The number of rotatable bonds is 4. The van der Waals surface area contributed by atoms with Crippen molar-refractivity contribution in [3.63, 3.8) is 0 Å². The van der Waals surface area contributed by atoms with Gasteiger partial charge in [0.25, 0.3) is 0 Å². The molecule has 0 saturated carbocycles. The molecule has 0 atom stereocenters. The van der Waals surface area contributed by atoms with Crippen molar-refractivity contribution in [1.29, 1.82) is 0 Å². The molecule has 0 saturated heterocycles. The summed E-state index contributed by atoms with van der Waals surface area (Å²) in [6, 6.07) is 43.8. The predicted molar refractivity (Wildman–Crippen MR) is 122 cm³/mol. The lowest BCUT2D eigenvalue weighted by Gasteiger charge is -2.27. The molecule has 3 heteroatoms. The summed E-state index contributed by atoms with van der Waals surface area (Å²) in [6.45, 7) is 0. The second-order valence-electron chi connectivity index (χ2n) is 6.01. The highest BCUT2D eigenvalue weighted by molar-refractivity contribution is 8.93. The Hall–Kier alpha value is -1.92. The van der Waals surface area contributed by atoms with Gasteiger partial charge in [0.1, 0.15) is 28.5 Å². The van der Waals surface area contributed by atoms with Crippen molar-refractivity contribution in [1.82, 2.24) is 0 Å². The number of hydrogen-bond acceptors (Lipinski definition) is 0. The zero-order valence-electron chi connectivity index (χ0n) is 14.8. The summed E-state index contributed by atoms with van der Waals surface area (Å²) in [4.78, 5) is 0. The molecule has 0 N–H and O–H groups in total. The van der Waals surface area contributed by atoms with E-state index in [0.29, 0.717) is 0 Å². The third-order valence-corrected chi connectivity index (χ3v) is 8.86. The summed E-state index contributed by atoms with van der Waals surface area (Å²) in [5, 5.41) is 5.55. The van der Waals surface area contributed by atoms with Gasteiger partial charge in [-0.15, -0.1) is 17.0 Å². The van der Waals surface area contributed by atoms with E-state index in [1.54, 1.807) is 0 Å². The lowest BCUT2D eigenvalue weighted by atomic mass is 10.3. The van der Waals surface area contributed by atoms with Crippen molar-refractivity contribution >= 4 is 45.5 Å². The zero-order valence-corrected chi connectivity index (χ0v) is 18.1. The highest BCUT2D eigenvalue weighted by atomic mass is 79.9. The molecule has 4 aromatic rings. The first kappa shape index (κ1) is 21.4. The number of hydrogen-bond donors (Lipinski definition) is 0. The molecule has 0 aliphatic carbocycles. The highest BCUT2D eigenvalue weighted by Crippen LogP contribution is 2.53. The van der Waals surface area contributed by atoms with Crippen molar-refractivity contribution in [2.45, 2.75) is 0 Å². The molecule has 0 amide bonds. The lowest BCUT2D eigenvalue weighted by molar-refractivity contribution is -0.00000484. The van der Waals surface area contributed by atoms with E-state index in [1.807, 2.05) is 0 Å². The molecule has 0 aliphatic rings. The van der Waals surface area contributed by atoms with E-state index in [-0.39, 0.29) is 29.4 Å². The Bertz CT molecular complexity index is 765. The summed E-state index contributed by atoms with van der Waals surface area (Å²) in [6.07, 6.45) is 0. The molecule has 0 aliphatic heterocycles. The van der Waals surface area contributed by atoms with Crippen molar-refractivity contribution in [3.05, 3.63) is 121 Å². The van der Waals surface area contributed by atoms with Crippen molar-refractivity contribution in [2.24, 2.45) is 0 Å². The molecular formula is C24H21BrClP. The van der Waals surface area contributed by atoms with Crippen LogP contribution in [0.3, 0.4) is 0 Å². The molecule has 4 aromatic carbocycles. The van der Waals surface area contributed by atoms with Crippen LogP contribution in [0.1, 0.15) is 0 Å². The van der Waals surface area contributed by atoms with Crippen molar-refractivity contribution in [2.75, 3.05) is 0 Å². The van der Waals surface area contributed by atoms with Crippen molar-refractivity contribution in [3.8, 4) is 0 Å². The van der Waals surface area contributed by atoms with Crippen LogP contribution >= 0.6 is 24.2 Å². The molecule has 0 spiro atoms. The van der Waals surface area contributed by atoms with E-state index in [1.165, 1.54) is 21.2 Å². The summed E-state index contributed by atoms with van der Waals surface area (Å²) in [5.41, 5.74) is 0. The van der Waals surface area contributed by atoms with Gasteiger partial charge in [-0.05, 0) is 48.5 Å². The first-order valence-corrected chi connectivity index (χ1v) is 10.3. The van der Waals surface area contributed by atoms with Gasteiger partial charge >= 0.3 is 0 Å². The minimum absolute atomic E-state index is 0. The highest BCUT2D eigenvalue weighted by Gasteiger charge is 2.47. The van der Waals surface area contributed by atoms with Crippen LogP contribution in [0.2, 0.25) is 0 Å². The van der Waals surface area contributed by atoms with E-state index in [9.17, 15) is 0 Å². The van der Waals surface area contributed by atoms with Crippen molar-refractivity contribution < 1.29 is 12.4 Å². The minimum atomic E-state index is -1.91. The van der Waals surface area contributed by atoms with Gasteiger partial charge in [0, 0.05) is 0 Å². The third kappa shape index (κ3) is 4.01. The van der Waals surface area contributed by atoms with Gasteiger partial charge in [-0.25, -0.2) is 0 Å². The van der Waals surface area contributed by atoms with Crippen LogP contribution in [0.25, 0.3) is 0 Å². The second kappa shape index (κ2) is 9.85. The average Bonchev–Trinajstić information content (AvgIpc) is 2.72. The second-order valence-corrected chi connectivity index (χ2v) is 9.42. The monoisotopic (exact) mass is 454 g/mol. The SMILES string of the molecule is Br.[Cl-].c1ccc([P+](c2ccccc2)(c2ccccc2)c2ccccc2)cc1. The van der Waals surface area contributed by atoms with Crippen LogP contribution in [0.5, 0.6) is 0 Å². The van der Waals surface area contributed by atoms with Gasteiger partial charge in [-0.3, -0.25) is 0 Å². The minimum Gasteiger partial charge on any atom is -1.00 e. The van der Waals surface area contributed by atoms with Gasteiger partial charge in [0.05, 0.1) is 0 Å². The third-order valence-electron chi connectivity index (χ3n) is 4.57. The van der Waals surface area contributed by atoms with E-state index in [0.717, 1.165) is 0 Å². The van der Waals surface area contributed by atoms with Crippen LogP contribution in [-0.4, -0.2) is 0 Å². The molecular weight excluding hydrogens is 435 g/mol. The summed E-state index contributed by atoms with van der Waals surface area (Å²) in [5.74, 6) is 0. The molecule has 0 radical (unpaired) electrons. The Morgan fingerprint density at radius 3 is 0.704 bits per heavy atom. The Balaban J connectivity index is 0.00000131. The summed E-state index contributed by atoms with van der Waals surface area (Å²) < 4.78 is 0. The smallest absolute Gasteiger partial charge is 0.144 e. The Kier molecular flexibility index (Phi) is 7.80. The molecule has 0 heterocycles. The quantitative estimate of drug-likeness (QED) is 0.412. The molecule has 4 rings (SSSR count). The van der Waals surface area contributed by atoms with Crippen LogP contribution in [0, 0.1) is 0 Å². The lowest BCUT2D eigenvalue weighted by Crippen LogP contribution is -3.00. The summed E-state index contributed by atoms with van der Waals surface area (Å²) >= 11 is 0. The molecule has 27 heavy (non-hydrogen) atoms. The van der Waals surface area contributed by atoms with E-state index < -0.39 is 7.26 Å². The fraction of sp³-hybridized carbons (Fsp3) is 0. The molecule has 0 nitrogen and oxygen atoms in total. The topological polar surface area (TPSA) is 0 Å². The predicted octanol–water partition coefficient (Wildman–Crippen LogP) is 1.89. The van der Waals surface area contributed by atoms with Gasteiger partial charge in [-0.2, -0.15) is 0 Å². The van der Waals surface area contributed by atoms with E-state index in [4.69, 9.17) is 0 Å². The van der Waals surface area contributed by atoms with Gasteiger partial charge in [0.15, 0.2) is 0 Å². The van der Waals surface area contributed by atoms with E-state index >= 15 is 0 Å². The maximum absolute atomic E-state index is 2.28. The average molecular weight is 456 g/mol. The van der Waals surface area contributed by atoms with Crippen LogP contribution in [0.4, 0.5) is 0 Å². The molecule has 0 fully saturated rings. The van der Waals surface area contributed by atoms with E-state index in [2.05, 4.69) is 121 Å². The van der Waals surface area contributed by atoms with Gasteiger partial charge < -0.3 is 12.4 Å². The van der Waals surface area contributed by atoms with Crippen LogP contribution in [-0.2, 0) is 0 Å². The Morgan fingerprint density at radius 2 is 0.519 bits per heavy atom. The maximum Gasteiger partial charge on any atom is 0.144 e. The largest absolute Gasteiger partial charge is 1.00 e. The fourth-order valence-corrected chi connectivity index (χ4v) is 7.77. The van der Waals surface area contributed by atoms with Crippen LogP contribution in [0.15, 0.2) is 121 Å². The number of benzene rings is 4. The fourth-order valence-electron chi connectivity index (χ4n) is 3.50. The maximum atomic E-state index is 2.28. The van der Waals surface area contributed by atoms with Crippen LogP contribution < -0.4 is 33.6 Å². The van der Waals surface area contributed by atoms with Gasteiger partial charge in [0.2, 0.25) is 0 Å². The van der Waals surface area contributed by atoms with Gasteiger partial charge in [-0.1, -0.05) is 72.8 Å². The first-order valence-electron chi connectivity index (χ1n) is 8.54. The number of halogens is 2. The molecule has 136 valence electrons. The molecule has 0 bridgehead atoms. The summed E-state index contributed by atoms with van der Waals surface area (Å²) in [7, 11) is -1.91. The standard InChI is InChI=1S/C24H20P.BrH.ClH/c1-5-13-21(14-6-1)25(22-15-7-2-8-16-22,23-17-9-3-10-18-23)24-19-11-4-12-20-24;;/h1-20H;2*1H/q+1;;/p-1. The molecule has 0 unspecified atom stereocenters. The zero-order chi connectivity index (χ0) is 17.0.